The highest BCUT2D eigenvalue weighted by molar-refractivity contribution is 6.21. The van der Waals surface area contributed by atoms with Crippen LogP contribution in [-0.4, -0.2) is 36.7 Å². The van der Waals surface area contributed by atoms with Gasteiger partial charge in [-0.3, -0.25) is 4.79 Å². The van der Waals surface area contributed by atoms with Gasteiger partial charge in [0.25, 0.3) is 5.91 Å². The number of phenolic OH excluding ortho intramolecular Hbond substituents is 1. The van der Waals surface area contributed by atoms with E-state index in [0.29, 0.717) is 6.61 Å². The molecule has 0 bridgehead atoms. The van der Waals surface area contributed by atoms with Crippen LogP contribution < -0.4 is 5.32 Å². The monoisotopic (exact) mass is 261 g/mol. The number of carbonyl (C=O) groups excluding carboxylic acids is 1. The van der Waals surface area contributed by atoms with Crippen molar-refractivity contribution in [3.8, 4) is 5.75 Å². The van der Waals surface area contributed by atoms with Crippen molar-refractivity contribution in [2.75, 3.05) is 20.3 Å². The fourth-order valence-corrected chi connectivity index (χ4v) is 1.43. The fraction of sp³-hybridized carbons (Fsp3) is 0.364. The Bertz CT molecular complexity index is 400. The number of methoxy groups -OCH3 is 1. The van der Waals surface area contributed by atoms with E-state index in [1.807, 2.05) is 0 Å². The third kappa shape index (κ3) is 4.20. The normalized spacial score (nSPS) is 12.2. The first-order valence-corrected chi connectivity index (χ1v) is 5.38. The van der Waals surface area contributed by atoms with E-state index in [9.17, 15) is 9.18 Å². The topological polar surface area (TPSA) is 58.6 Å². The van der Waals surface area contributed by atoms with Gasteiger partial charge in [0.1, 0.15) is 11.6 Å². The number of amides is 1. The molecule has 1 unspecified atom stereocenters. The zero-order chi connectivity index (χ0) is 12.8. The molecule has 17 heavy (non-hydrogen) atoms. The molecule has 1 amide bonds. The van der Waals surface area contributed by atoms with Crippen LogP contribution in [0.25, 0.3) is 0 Å². The van der Waals surface area contributed by atoms with Gasteiger partial charge in [0.2, 0.25) is 0 Å². The number of hydrogen-bond donors (Lipinski definition) is 2. The summed E-state index contributed by atoms with van der Waals surface area (Å²) in [6.45, 7) is 0.467. The predicted octanol–water partition coefficient (Wildman–Crippen LogP) is 1.51. The minimum atomic E-state index is -0.777. The van der Waals surface area contributed by atoms with Crippen molar-refractivity contribution in [1.29, 1.82) is 0 Å². The Kier molecular flexibility index (Phi) is 5.18. The summed E-state index contributed by atoms with van der Waals surface area (Å²) in [6, 6.07) is 3.33. The van der Waals surface area contributed by atoms with E-state index in [2.05, 4.69) is 5.32 Å². The molecule has 0 spiro atoms. The maximum absolute atomic E-state index is 13.3. The van der Waals surface area contributed by atoms with Gasteiger partial charge in [-0.25, -0.2) is 4.39 Å². The zero-order valence-electron chi connectivity index (χ0n) is 9.24. The van der Waals surface area contributed by atoms with Gasteiger partial charge in [-0.1, -0.05) is 0 Å². The molecule has 2 N–H and O–H groups in total. The number of rotatable bonds is 5. The van der Waals surface area contributed by atoms with Crippen molar-refractivity contribution in [2.45, 2.75) is 5.38 Å². The van der Waals surface area contributed by atoms with E-state index >= 15 is 0 Å². The predicted molar refractivity (Wildman–Crippen MR) is 61.9 cm³/mol. The number of ether oxygens (including phenoxy) is 1. The Morgan fingerprint density at radius 2 is 2.35 bits per heavy atom. The van der Waals surface area contributed by atoms with Crippen molar-refractivity contribution >= 4 is 17.5 Å². The van der Waals surface area contributed by atoms with E-state index in [4.69, 9.17) is 21.4 Å². The first-order chi connectivity index (χ1) is 8.04. The maximum Gasteiger partial charge on any atom is 0.254 e. The molecule has 0 aliphatic heterocycles. The zero-order valence-corrected chi connectivity index (χ0v) is 10.00. The molecule has 0 saturated heterocycles. The van der Waals surface area contributed by atoms with Gasteiger partial charge >= 0.3 is 0 Å². The highest BCUT2D eigenvalue weighted by Gasteiger charge is 2.13. The molecule has 0 aromatic heterocycles. The van der Waals surface area contributed by atoms with Gasteiger partial charge in [-0.05, 0) is 12.1 Å². The molecule has 1 aromatic carbocycles. The number of carbonyl (C=O) groups is 1. The summed E-state index contributed by atoms with van der Waals surface area (Å²) in [6.07, 6.45) is 0. The minimum absolute atomic E-state index is 0.135. The van der Waals surface area contributed by atoms with Gasteiger partial charge < -0.3 is 15.2 Å². The lowest BCUT2D eigenvalue weighted by Gasteiger charge is -2.10. The molecule has 0 heterocycles. The van der Waals surface area contributed by atoms with Gasteiger partial charge in [0.15, 0.2) is 0 Å². The molecule has 1 rings (SSSR count). The van der Waals surface area contributed by atoms with E-state index in [1.165, 1.54) is 19.2 Å². The average Bonchev–Trinajstić information content (AvgIpc) is 2.26. The van der Waals surface area contributed by atoms with Crippen molar-refractivity contribution in [3.63, 3.8) is 0 Å². The van der Waals surface area contributed by atoms with Crippen LogP contribution in [0, 0.1) is 5.82 Å². The number of nitrogens with one attached hydrogen (secondary N) is 1. The summed E-state index contributed by atoms with van der Waals surface area (Å²) in [7, 11) is 1.50. The molecule has 94 valence electrons. The number of aromatic hydroxyl groups is 1. The Labute approximate surface area is 103 Å². The summed E-state index contributed by atoms with van der Waals surface area (Å²) >= 11 is 5.80. The molecule has 6 heteroatoms. The molecule has 1 atom stereocenters. The van der Waals surface area contributed by atoms with Crippen LogP contribution in [0.15, 0.2) is 18.2 Å². The third-order valence-corrected chi connectivity index (χ3v) is 2.31. The van der Waals surface area contributed by atoms with Crippen LogP contribution in [0.1, 0.15) is 10.4 Å². The van der Waals surface area contributed by atoms with Crippen LogP contribution >= 0.6 is 11.6 Å². The average molecular weight is 262 g/mol. The van der Waals surface area contributed by atoms with Crippen molar-refractivity contribution in [2.24, 2.45) is 0 Å². The number of alkyl halides is 1. The lowest BCUT2D eigenvalue weighted by Crippen LogP contribution is -2.32. The van der Waals surface area contributed by atoms with Gasteiger partial charge in [0, 0.05) is 19.7 Å². The quantitative estimate of drug-likeness (QED) is 0.790. The second-order valence-corrected chi connectivity index (χ2v) is 4.04. The van der Waals surface area contributed by atoms with Crippen molar-refractivity contribution in [3.05, 3.63) is 29.6 Å². The van der Waals surface area contributed by atoms with Crippen LogP contribution in [-0.2, 0) is 4.74 Å². The van der Waals surface area contributed by atoms with E-state index < -0.39 is 11.7 Å². The van der Waals surface area contributed by atoms with Crippen molar-refractivity contribution in [1.82, 2.24) is 5.32 Å². The number of phenols is 1. The van der Waals surface area contributed by atoms with Gasteiger partial charge in [-0.2, -0.15) is 0 Å². The fourth-order valence-electron chi connectivity index (χ4n) is 1.23. The Morgan fingerprint density at radius 3 is 2.94 bits per heavy atom. The van der Waals surface area contributed by atoms with Gasteiger partial charge in [0.05, 0.1) is 17.5 Å². The highest BCUT2D eigenvalue weighted by atomic mass is 35.5. The Hall–Kier alpha value is -1.33. The second kappa shape index (κ2) is 6.42. The number of hydrogen-bond acceptors (Lipinski definition) is 3. The third-order valence-electron chi connectivity index (χ3n) is 2.03. The maximum atomic E-state index is 13.3. The second-order valence-electron chi connectivity index (χ2n) is 3.43. The van der Waals surface area contributed by atoms with Crippen molar-refractivity contribution < 1.29 is 19.0 Å². The van der Waals surface area contributed by atoms with E-state index in [0.717, 1.165) is 6.07 Å². The molecule has 0 aliphatic rings. The van der Waals surface area contributed by atoms with Gasteiger partial charge in [-0.15, -0.1) is 11.6 Å². The first-order valence-electron chi connectivity index (χ1n) is 4.94. The first kappa shape index (κ1) is 13.7. The minimum Gasteiger partial charge on any atom is -0.508 e. The lowest BCUT2D eigenvalue weighted by molar-refractivity contribution is 0.0945. The molecule has 0 saturated carbocycles. The lowest BCUT2D eigenvalue weighted by atomic mass is 10.2. The molecular weight excluding hydrogens is 249 g/mol. The highest BCUT2D eigenvalue weighted by Crippen LogP contribution is 2.14. The number of benzene rings is 1. The molecular formula is C11H13ClFNO3. The van der Waals surface area contributed by atoms with Crippen LogP contribution in [0.2, 0.25) is 0 Å². The number of halogens is 2. The van der Waals surface area contributed by atoms with E-state index in [-0.39, 0.29) is 23.2 Å². The summed E-state index contributed by atoms with van der Waals surface area (Å²) in [4.78, 5) is 11.6. The standard InChI is InChI=1S/C11H13ClFNO3/c1-17-6-7(12)5-14-11(16)9-3-2-8(15)4-10(9)13/h2-4,7,15H,5-6H2,1H3,(H,14,16). The summed E-state index contributed by atoms with van der Waals surface area (Å²) < 4.78 is 18.1. The SMILES string of the molecule is COCC(Cl)CNC(=O)c1ccc(O)cc1F. The van der Waals surface area contributed by atoms with Crippen LogP contribution in [0.3, 0.4) is 0 Å². The largest absolute Gasteiger partial charge is 0.508 e. The summed E-state index contributed by atoms with van der Waals surface area (Å²) in [5, 5.41) is 11.1. The summed E-state index contributed by atoms with van der Waals surface area (Å²) in [5.74, 6) is -1.58. The molecule has 4 nitrogen and oxygen atoms in total. The molecule has 1 aromatic rings. The molecule has 0 radical (unpaired) electrons. The Balaban J connectivity index is 2.58. The molecule has 0 fully saturated rings. The smallest absolute Gasteiger partial charge is 0.254 e. The van der Waals surface area contributed by atoms with Crippen LogP contribution in [0.5, 0.6) is 5.75 Å². The van der Waals surface area contributed by atoms with Crippen LogP contribution in [0.4, 0.5) is 4.39 Å². The molecule has 0 aliphatic carbocycles. The summed E-state index contributed by atoms with van der Waals surface area (Å²) in [5.41, 5.74) is -0.135. The van der Waals surface area contributed by atoms with E-state index in [1.54, 1.807) is 0 Å². The Morgan fingerprint density at radius 1 is 1.65 bits per heavy atom.